The van der Waals surface area contributed by atoms with Gasteiger partial charge in [0.25, 0.3) is 0 Å². The average molecular weight is 529 g/mol. The van der Waals surface area contributed by atoms with E-state index < -0.39 is 5.97 Å². The third-order valence-corrected chi connectivity index (χ3v) is 8.06. The zero-order valence-electron chi connectivity index (χ0n) is 20.0. The molecular weight excluding hydrogens is 500 g/mol. The number of allylic oxidation sites excluding steroid dienone is 2. The van der Waals surface area contributed by atoms with Crippen molar-refractivity contribution in [3.8, 4) is 5.75 Å². The van der Waals surface area contributed by atoms with Gasteiger partial charge in [0.1, 0.15) is 5.75 Å². The summed E-state index contributed by atoms with van der Waals surface area (Å²) in [6, 6.07) is 14.1. The fraction of sp³-hybridized carbons (Fsp3) is 0.308. The maximum atomic E-state index is 11.9. The van der Waals surface area contributed by atoms with Gasteiger partial charge in [0.2, 0.25) is 17.7 Å². The molecule has 2 saturated heterocycles. The Bertz CT molecular complexity index is 1130. The van der Waals surface area contributed by atoms with Crippen molar-refractivity contribution >= 4 is 47.2 Å². The van der Waals surface area contributed by atoms with E-state index in [9.17, 15) is 19.2 Å². The predicted octanol–water partition coefficient (Wildman–Crippen LogP) is 4.25. The summed E-state index contributed by atoms with van der Waals surface area (Å²) in [6.45, 7) is 1.95. The first kappa shape index (κ1) is 27.3. The number of carboxylic acids is 1. The molecule has 0 aromatic heterocycles. The summed E-state index contributed by atoms with van der Waals surface area (Å²) >= 11 is 2.95. The van der Waals surface area contributed by atoms with Gasteiger partial charge in [-0.15, -0.1) is 23.5 Å². The van der Waals surface area contributed by atoms with Gasteiger partial charge in [-0.2, -0.15) is 0 Å². The van der Waals surface area contributed by atoms with E-state index in [-0.39, 0.29) is 33.8 Å². The number of hydrogen-bond donors (Lipinski definition) is 3. The highest BCUT2D eigenvalue weighted by Crippen LogP contribution is 2.31. The normalized spacial score (nSPS) is 20.6. The van der Waals surface area contributed by atoms with Crippen molar-refractivity contribution < 1.29 is 29.0 Å². The number of carboxylic acid groups (broad SMARTS) is 1. The van der Waals surface area contributed by atoms with Crippen LogP contribution in [-0.2, 0) is 14.4 Å². The summed E-state index contributed by atoms with van der Waals surface area (Å²) in [5.41, 5.74) is 1.24. The molecule has 4 rings (SSSR count). The van der Waals surface area contributed by atoms with Crippen LogP contribution in [0, 0.1) is 0 Å². The highest BCUT2D eigenvalue weighted by molar-refractivity contribution is 8.00. The van der Waals surface area contributed by atoms with Crippen molar-refractivity contribution in [1.29, 1.82) is 0 Å². The number of thioether (sulfide) groups is 2. The van der Waals surface area contributed by atoms with Crippen LogP contribution in [-0.4, -0.2) is 46.4 Å². The Balaban J connectivity index is 0.000000201. The summed E-state index contributed by atoms with van der Waals surface area (Å²) < 4.78 is 5.11. The van der Waals surface area contributed by atoms with E-state index in [1.807, 2.05) is 37.3 Å². The maximum absolute atomic E-state index is 11.9. The molecule has 2 aromatic rings. The molecule has 2 atom stereocenters. The molecule has 2 unspecified atom stereocenters. The Morgan fingerprint density at radius 1 is 0.889 bits per heavy atom. The minimum absolute atomic E-state index is 0.00194. The van der Waals surface area contributed by atoms with Gasteiger partial charge in [-0.1, -0.05) is 6.08 Å². The second kappa shape index (κ2) is 13.2. The van der Waals surface area contributed by atoms with Crippen molar-refractivity contribution in [1.82, 2.24) is 10.6 Å². The third kappa shape index (κ3) is 7.89. The minimum atomic E-state index is -0.979. The SMILES string of the molecule is C/C=C1\CCC(Sc2ccc(OC)cc2)C(=O)N1.O=C1CCC(Sc2ccc(C(=O)O)cc2)C(=O)N1. The number of ether oxygens (including phenoxy) is 1. The molecule has 2 fully saturated rings. The monoisotopic (exact) mass is 528 g/mol. The lowest BCUT2D eigenvalue weighted by atomic mass is 10.1. The van der Waals surface area contributed by atoms with E-state index in [1.54, 1.807) is 31.0 Å². The molecule has 8 nitrogen and oxygen atoms in total. The minimum Gasteiger partial charge on any atom is -0.497 e. The van der Waals surface area contributed by atoms with Gasteiger partial charge in [0, 0.05) is 21.9 Å². The molecule has 2 heterocycles. The van der Waals surface area contributed by atoms with Crippen molar-refractivity contribution in [3.63, 3.8) is 0 Å². The van der Waals surface area contributed by atoms with Crippen LogP contribution >= 0.6 is 23.5 Å². The Kier molecular flexibility index (Phi) is 10.0. The molecule has 2 aliphatic rings. The summed E-state index contributed by atoms with van der Waals surface area (Å²) in [5.74, 6) is -0.553. The number of amides is 3. The van der Waals surface area contributed by atoms with Crippen LogP contribution < -0.4 is 15.4 Å². The molecule has 2 aliphatic heterocycles. The standard InChI is InChI=1S/C14H17NO2S.C12H11NO4S/c1-3-10-4-9-13(14(16)15-10)18-12-7-5-11(17-2)6-8-12;14-10-6-5-9(11(15)13-10)18-8-3-1-7(2-4-8)12(16)17/h3,5-8,13H,4,9H2,1-2H3,(H,15,16);1-4,9H,5-6H2,(H,16,17)(H,13,14,15)/b10-3+;. The van der Waals surface area contributed by atoms with Gasteiger partial charge in [-0.3, -0.25) is 19.7 Å². The Hall–Kier alpha value is -3.24. The highest BCUT2D eigenvalue weighted by atomic mass is 32.2. The van der Waals surface area contributed by atoms with Crippen LogP contribution in [0.15, 0.2) is 70.1 Å². The topological polar surface area (TPSA) is 122 Å². The third-order valence-electron chi connectivity index (χ3n) is 5.51. The molecule has 0 aliphatic carbocycles. The fourth-order valence-electron chi connectivity index (χ4n) is 3.49. The second-order valence-electron chi connectivity index (χ2n) is 8.01. The smallest absolute Gasteiger partial charge is 0.335 e. The lowest BCUT2D eigenvalue weighted by Crippen LogP contribution is -2.42. The van der Waals surface area contributed by atoms with Crippen LogP contribution in [0.5, 0.6) is 5.75 Å². The van der Waals surface area contributed by atoms with Gasteiger partial charge < -0.3 is 15.2 Å². The van der Waals surface area contributed by atoms with Gasteiger partial charge in [-0.25, -0.2) is 4.79 Å². The van der Waals surface area contributed by atoms with E-state index in [1.165, 1.54) is 23.9 Å². The summed E-state index contributed by atoms with van der Waals surface area (Å²) in [7, 11) is 1.65. The van der Waals surface area contributed by atoms with Gasteiger partial charge >= 0.3 is 5.97 Å². The quantitative estimate of drug-likeness (QED) is 0.476. The lowest BCUT2D eigenvalue weighted by molar-refractivity contribution is -0.132. The van der Waals surface area contributed by atoms with E-state index in [2.05, 4.69) is 10.6 Å². The zero-order chi connectivity index (χ0) is 26.1. The van der Waals surface area contributed by atoms with E-state index in [4.69, 9.17) is 9.84 Å². The number of imide groups is 1. The molecule has 3 amide bonds. The summed E-state index contributed by atoms with van der Waals surface area (Å²) in [4.78, 5) is 47.0. The van der Waals surface area contributed by atoms with Crippen molar-refractivity contribution in [2.24, 2.45) is 0 Å². The van der Waals surface area contributed by atoms with Crippen molar-refractivity contribution in [2.75, 3.05) is 7.11 Å². The number of rotatable bonds is 6. The molecule has 10 heteroatoms. The largest absolute Gasteiger partial charge is 0.497 e. The van der Waals surface area contributed by atoms with Crippen molar-refractivity contribution in [2.45, 2.75) is 52.9 Å². The molecule has 36 heavy (non-hydrogen) atoms. The van der Waals surface area contributed by atoms with Gasteiger partial charge in [-0.05, 0) is 74.7 Å². The van der Waals surface area contributed by atoms with Crippen molar-refractivity contribution in [3.05, 3.63) is 65.9 Å². The molecule has 190 valence electrons. The van der Waals surface area contributed by atoms with Gasteiger partial charge in [0.15, 0.2) is 0 Å². The average Bonchev–Trinajstić information content (AvgIpc) is 2.88. The molecule has 0 saturated carbocycles. The lowest BCUT2D eigenvalue weighted by Gasteiger charge is -2.23. The maximum Gasteiger partial charge on any atom is 0.335 e. The zero-order valence-corrected chi connectivity index (χ0v) is 21.6. The molecule has 3 N–H and O–H groups in total. The van der Waals surface area contributed by atoms with Gasteiger partial charge in [0.05, 0.1) is 23.2 Å². The van der Waals surface area contributed by atoms with E-state index in [0.717, 1.165) is 34.1 Å². The summed E-state index contributed by atoms with van der Waals surface area (Å²) in [6.07, 6.45) is 4.65. The van der Waals surface area contributed by atoms with Crippen LogP contribution in [0.2, 0.25) is 0 Å². The molecule has 0 spiro atoms. The highest BCUT2D eigenvalue weighted by Gasteiger charge is 2.27. The van der Waals surface area contributed by atoms with Crippen LogP contribution in [0.25, 0.3) is 0 Å². The number of methoxy groups -OCH3 is 1. The molecule has 0 radical (unpaired) electrons. The number of piperidine rings is 2. The molecule has 2 aromatic carbocycles. The number of carbonyl (C=O) groups excluding carboxylic acids is 3. The number of aromatic carboxylic acids is 1. The Morgan fingerprint density at radius 2 is 1.42 bits per heavy atom. The van der Waals surface area contributed by atoms with E-state index >= 15 is 0 Å². The first-order chi connectivity index (χ1) is 17.3. The summed E-state index contributed by atoms with van der Waals surface area (Å²) in [5, 5.41) is 13.7. The fourth-order valence-corrected chi connectivity index (χ4v) is 5.54. The molecule has 0 bridgehead atoms. The Morgan fingerprint density at radius 3 is 1.89 bits per heavy atom. The number of hydrogen-bond acceptors (Lipinski definition) is 7. The van der Waals surface area contributed by atoms with Crippen LogP contribution in [0.4, 0.5) is 0 Å². The second-order valence-corrected chi connectivity index (χ2v) is 10.6. The number of nitrogens with one attached hydrogen (secondary N) is 2. The molecular formula is C26H28N2O6S2. The Labute approximate surface area is 218 Å². The first-order valence-corrected chi connectivity index (χ1v) is 13.2. The van der Waals surface area contributed by atoms with E-state index in [0.29, 0.717) is 12.8 Å². The first-order valence-electron chi connectivity index (χ1n) is 11.4. The predicted molar refractivity (Wildman–Crippen MR) is 139 cm³/mol. The van der Waals surface area contributed by atoms with Crippen LogP contribution in [0.3, 0.4) is 0 Å². The van der Waals surface area contributed by atoms with Crippen LogP contribution in [0.1, 0.15) is 43.0 Å². The number of carbonyl (C=O) groups is 4. The number of benzene rings is 2.